The minimum atomic E-state index is -0.700. The smallest absolute Gasteiger partial charge is 0.243 e. The van der Waals surface area contributed by atoms with Gasteiger partial charge in [-0.25, -0.2) is 0 Å². The molecule has 2 saturated heterocycles. The molecule has 5 nitrogen and oxygen atoms in total. The summed E-state index contributed by atoms with van der Waals surface area (Å²) < 4.78 is 5.34. The van der Waals surface area contributed by atoms with Crippen LogP contribution in [0, 0.1) is 0 Å². The van der Waals surface area contributed by atoms with E-state index in [0.29, 0.717) is 32.1 Å². The van der Waals surface area contributed by atoms with Crippen molar-refractivity contribution in [1.29, 1.82) is 0 Å². The second kappa shape index (κ2) is 6.20. The molecule has 2 fully saturated rings. The standard InChI is InChI=1S/C14H27N3O2/c1-3-12-11-16(2)7-4-8-17(12)13(18)14(15)5-9-19-10-6-14/h12H,3-11,15H2,1-2H3. The van der Waals surface area contributed by atoms with E-state index in [-0.39, 0.29) is 5.91 Å². The summed E-state index contributed by atoms with van der Waals surface area (Å²) >= 11 is 0. The molecule has 0 aliphatic carbocycles. The lowest BCUT2D eigenvalue weighted by molar-refractivity contribution is -0.143. The number of hydrogen-bond donors (Lipinski definition) is 1. The van der Waals surface area contributed by atoms with E-state index in [1.54, 1.807) is 0 Å². The van der Waals surface area contributed by atoms with Crippen LogP contribution in [0.5, 0.6) is 0 Å². The summed E-state index contributed by atoms with van der Waals surface area (Å²) in [6, 6.07) is 0.295. The van der Waals surface area contributed by atoms with Gasteiger partial charge in [0.25, 0.3) is 0 Å². The van der Waals surface area contributed by atoms with Crippen LogP contribution in [0.4, 0.5) is 0 Å². The predicted molar refractivity (Wildman–Crippen MR) is 74.9 cm³/mol. The zero-order chi connectivity index (χ0) is 13.9. The van der Waals surface area contributed by atoms with Gasteiger partial charge in [0.1, 0.15) is 0 Å². The molecule has 2 N–H and O–H groups in total. The van der Waals surface area contributed by atoms with Crippen molar-refractivity contribution in [2.45, 2.75) is 44.2 Å². The molecule has 2 heterocycles. The average Bonchev–Trinajstić information content (AvgIpc) is 2.60. The lowest BCUT2D eigenvalue weighted by atomic mass is 9.89. The largest absolute Gasteiger partial charge is 0.381 e. The van der Waals surface area contributed by atoms with E-state index in [1.165, 1.54) is 0 Å². The Labute approximate surface area is 116 Å². The Kier molecular flexibility index (Phi) is 4.81. The van der Waals surface area contributed by atoms with E-state index in [4.69, 9.17) is 10.5 Å². The maximum atomic E-state index is 12.8. The fourth-order valence-corrected chi connectivity index (χ4v) is 3.10. The molecule has 1 amide bonds. The number of carbonyl (C=O) groups excluding carboxylic acids is 1. The number of rotatable bonds is 2. The Bertz CT molecular complexity index is 316. The first-order chi connectivity index (χ1) is 9.07. The summed E-state index contributed by atoms with van der Waals surface area (Å²) in [4.78, 5) is 17.2. The van der Waals surface area contributed by atoms with Crippen molar-refractivity contribution in [3.05, 3.63) is 0 Å². The highest BCUT2D eigenvalue weighted by Gasteiger charge is 2.41. The number of carbonyl (C=O) groups is 1. The molecule has 0 aromatic rings. The average molecular weight is 269 g/mol. The molecule has 0 bridgehead atoms. The second-order valence-corrected chi connectivity index (χ2v) is 5.94. The van der Waals surface area contributed by atoms with Crippen LogP contribution >= 0.6 is 0 Å². The quantitative estimate of drug-likeness (QED) is 0.790. The van der Waals surface area contributed by atoms with E-state index in [9.17, 15) is 4.79 Å². The number of likely N-dealkylation sites (N-methyl/N-ethyl adjacent to an activating group) is 1. The van der Waals surface area contributed by atoms with Crippen molar-refractivity contribution in [2.75, 3.05) is 39.9 Å². The highest BCUT2D eigenvalue weighted by molar-refractivity contribution is 5.86. The van der Waals surface area contributed by atoms with Gasteiger partial charge in [0, 0.05) is 32.3 Å². The van der Waals surface area contributed by atoms with Crippen molar-refractivity contribution in [3.8, 4) is 0 Å². The molecular formula is C14H27N3O2. The molecule has 2 aliphatic rings. The summed E-state index contributed by atoms with van der Waals surface area (Å²) in [5, 5.41) is 0. The third-order valence-electron chi connectivity index (χ3n) is 4.45. The highest BCUT2D eigenvalue weighted by Crippen LogP contribution is 2.23. The number of hydrogen-bond acceptors (Lipinski definition) is 4. The molecule has 19 heavy (non-hydrogen) atoms. The van der Waals surface area contributed by atoms with Crippen molar-refractivity contribution in [1.82, 2.24) is 9.80 Å². The van der Waals surface area contributed by atoms with Gasteiger partial charge in [0.2, 0.25) is 5.91 Å². The van der Waals surface area contributed by atoms with Crippen molar-refractivity contribution < 1.29 is 9.53 Å². The van der Waals surface area contributed by atoms with Gasteiger partial charge >= 0.3 is 0 Å². The van der Waals surface area contributed by atoms with Gasteiger partial charge < -0.3 is 20.3 Å². The number of nitrogens with zero attached hydrogens (tertiary/aromatic N) is 2. The fraction of sp³-hybridized carbons (Fsp3) is 0.929. The molecule has 1 unspecified atom stereocenters. The van der Waals surface area contributed by atoms with Gasteiger partial charge in [0.15, 0.2) is 0 Å². The predicted octanol–water partition coefficient (Wildman–Crippen LogP) is 0.437. The van der Waals surface area contributed by atoms with E-state index in [2.05, 4.69) is 18.9 Å². The van der Waals surface area contributed by atoms with Crippen molar-refractivity contribution >= 4 is 5.91 Å². The molecule has 2 aliphatic heterocycles. The summed E-state index contributed by atoms with van der Waals surface area (Å²) in [7, 11) is 2.13. The lowest BCUT2D eigenvalue weighted by Gasteiger charge is -2.39. The van der Waals surface area contributed by atoms with Crippen LogP contribution < -0.4 is 5.73 Å². The van der Waals surface area contributed by atoms with Gasteiger partial charge in [-0.2, -0.15) is 0 Å². The van der Waals surface area contributed by atoms with Crippen LogP contribution in [0.25, 0.3) is 0 Å². The van der Waals surface area contributed by atoms with Crippen molar-refractivity contribution in [3.63, 3.8) is 0 Å². The first-order valence-corrected chi connectivity index (χ1v) is 7.43. The van der Waals surface area contributed by atoms with Crippen LogP contribution in [0.15, 0.2) is 0 Å². The molecule has 0 aromatic heterocycles. The minimum Gasteiger partial charge on any atom is -0.381 e. The first-order valence-electron chi connectivity index (χ1n) is 7.43. The topological polar surface area (TPSA) is 58.8 Å². The van der Waals surface area contributed by atoms with Gasteiger partial charge in [0.05, 0.1) is 5.54 Å². The van der Waals surface area contributed by atoms with Crippen LogP contribution in [-0.2, 0) is 9.53 Å². The molecule has 110 valence electrons. The second-order valence-electron chi connectivity index (χ2n) is 5.94. The van der Waals surface area contributed by atoms with Crippen molar-refractivity contribution in [2.24, 2.45) is 5.73 Å². The van der Waals surface area contributed by atoms with Crippen LogP contribution in [-0.4, -0.2) is 67.2 Å². The normalized spacial score (nSPS) is 29.0. The molecule has 0 saturated carbocycles. The van der Waals surface area contributed by atoms with E-state index >= 15 is 0 Å². The lowest BCUT2D eigenvalue weighted by Crippen LogP contribution is -2.60. The fourth-order valence-electron chi connectivity index (χ4n) is 3.10. The monoisotopic (exact) mass is 269 g/mol. The van der Waals surface area contributed by atoms with Gasteiger partial charge in [-0.15, -0.1) is 0 Å². The van der Waals surface area contributed by atoms with Gasteiger partial charge in [-0.3, -0.25) is 4.79 Å². The Morgan fingerprint density at radius 2 is 2.05 bits per heavy atom. The number of nitrogens with two attached hydrogens (primary N) is 1. The number of amides is 1. The maximum absolute atomic E-state index is 12.8. The van der Waals surface area contributed by atoms with Crippen LogP contribution in [0.2, 0.25) is 0 Å². The Morgan fingerprint density at radius 3 is 2.68 bits per heavy atom. The Hall–Kier alpha value is -0.650. The minimum absolute atomic E-state index is 0.137. The summed E-state index contributed by atoms with van der Waals surface area (Å²) in [5.41, 5.74) is 5.65. The van der Waals surface area contributed by atoms with Crippen LogP contribution in [0.3, 0.4) is 0 Å². The van der Waals surface area contributed by atoms with E-state index in [1.807, 2.05) is 4.90 Å². The zero-order valence-corrected chi connectivity index (χ0v) is 12.2. The molecular weight excluding hydrogens is 242 g/mol. The third-order valence-corrected chi connectivity index (χ3v) is 4.45. The maximum Gasteiger partial charge on any atom is 0.243 e. The van der Waals surface area contributed by atoms with Crippen LogP contribution in [0.1, 0.15) is 32.6 Å². The molecule has 0 spiro atoms. The highest BCUT2D eigenvalue weighted by atomic mass is 16.5. The van der Waals surface area contributed by atoms with Gasteiger partial charge in [-0.05, 0) is 39.3 Å². The number of ether oxygens (including phenoxy) is 1. The Morgan fingerprint density at radius 1 is 1.37 bits per heavy atom. The first kappa shape index (κ1) is 14.8. The SMILES string of the molecule is CCC1CN(C)CCCN1C(=O)C1(N)CCOCC1. The molecule has 0 aromatic carbocycles. The summed E-state index contributed by atoms with van der Waals surface area (Å²) in [6.07, 6.45) is 3.32. The third kappa shape index (κ3) is 3.27. The van der Waals surface area contributed by atoms with E-state index in [0.717, 1.165) is 32.5 Å². The summed E-state index contributed by atoms with van der Waals surface area (Å²) in [5.74, 6) is 0.137. The molecule has 1 atom stereocenters. The van der Waals surface area contributed by atoms with E-state index < -0.39 is 5.54 Å². The molecule has 5 heteroatoms. The molecule has 2 rings (SSSR count). The molecule has 0 radical (unpaired) electrons. The van der Waals surface area contributed by atoms with Gasteiger partial charge in [-0.1, -0.05) is 6.92 Å². The Balaban J connectivity index is 2.10. The summed E-state index contributed by atoms with van der Waals surface area (Å²) in [6.45, 7) is 6.20. The zero-order valence-electron chi connectivity index (χ0n) is 12.2.